The van der Waals surface area contributed by atoms with Gasteiger partial charge in [-0.05, 0) is 43.7 Å². The second-order valence-corrected chi connectivity index (χ2v) is 9.75. The Balaban J connectivity index is 1.61. The molecule has 0 saturated carbocycles. The molecule has 1 heterocycles. The fourth-order valence-electron chi connectivity index (χ4n) is 4.51. The molecule has 1 saturated heterocycles. The first-order valence-corrected chi connectivity index (χ1v) is 13.2. The number of hydrogen-bond acceptors (Lipinski definition) is 7. The number of methoxy groups -OCH3 is 2. The monoisotopic (exact) mass is 538 g/mol. The smallest absolute Gasteiger partial charge is 0.342 e. The molecule has 0 aromatic heterocycles. The summed E-state index contributed by atoms with van der Waals surface area (Å²) in [6, 6.07) is 17.2. The summed E-state index contributed by atoms with van der Waals surface area (Å²) in [5.41, 5.74) is 2.76. The van der Waals surface area contributed by atoms with Crippen LogP contribution in [-0.2, 0) is 14.3 Å². The second-order valence-electron chi connectivity index (χ2n) is 9.75. The molecule has 0 radical (unpaired) electrons. The van der Waals surface area contributed by atoms with Crippen LogP contribution in [0.2, 0.25) is 0 Å². The number of hydrazine groups is 1. The second kappa shape index (κ2) is 14.6. The third kappa shape index (κ3) is 8.03. The molecule has 0 bridgehead atoms. The lowest BCUT2D eigenvalue weighted by Crippen LogP contribution is -2.49. The van der Waals surface area contributed by atoms with E-state index in [4.69, 9.17) is 15.3 Å². The summed E-state index contributed by atoms with van der Waals surface area (Å²) in [5, 5.41) is 4.16. The minimum absolute atomic E-state index is 0.0480. The zero-order valence-electron chi connectivity index (χ0n) is 23.5. The molecule has 1 aliphatic rings. The van der Waals surface area contributed by atoms with Gasteiger partial charge < -0.3 is 19.7 Å². The molecule has 212 valence electrons. The van der Waals surface area contributed by atoms with Crippen LogP contribution in [0.15, 0.2) is 67.4 Å². The number of amides is 3. The molecule has 2 aromatic carbocycles. The molecule has 39 heavy (non-hydrogen) atoms. The number of nitrogens with zero attached hydrogens (tertiary/aromatic N) is 4. The van der Waals surface area contributed by atoms with Crippen molar-refractivity contribution in [1.29, 1.82) is 0 Å². The number of nitrogens with two attached hydrogens (primary N) is 1. The van der Waals surface area contributed by atoms with E-state index in [1.165, 1.54) is 16.1 Å². The number of carbonyl (C=O) groups is 2. The summed E-state index contributed by atoms with van der Waals surface area (Å²) in [5.74, 6) is 5.56. The van der Waals surface area contributed by atoms with E-state index in [1.807, 2.05) is 68.4 Å². The van der Waals surface area contributed by atoms with Crippen LogP contribution >= 0.6 is 0 Å². The number of nitrogens with one attached hydrogen (secondary N) is 1. The van der Waals surface area contributed by atoms with Crippen LogP contribution in [0.1, 0.15) is 25.3 Å². The van der Waals surface area contributed by atoms with Gasteiger partial charge in [0.15, 0.2) is 6.29 Å². The standard InChI is InChI=1S/C29H42N6O4/c1-6-34(29(37)35(30)22(2)3)25-14-12-24(13-15-25)33-18-16-32(17-19-33)21-26(23-10-8-7-9-11-23)28(36)31-20-27(38-4)39-5/h6-15,22,26-27H,1,16-21,30H2,2-5H3,(H,31,36). The molecule has 3 rings (SSSR count). The Hall–Kier alpha value is -3.44. The molecule has 2 aromatic rings. The molecule has 1 unspecified atom stereocenters. The number of anilines is 2. The maximum Gasteiger partial charge on any atom is 0.342 e. The van der Waals surface area contributed by atoms with Crippen molar-refractivity contribution in [2.45, 2.75) is 32.1 Å². The highest BCUT2D eigenvalue weighted by Gasteiger charge is 2.27. The lowest BCUT2D eigenvalue weighted by Gasteiger charge is -2.37. The summed E-state index contributed by atoms with van der Waals surface area (Å²) in [6.07, 6.45) is 0.990. The maximum absolute atomic E-state index is 13.2. The normalized spacial score (nSPS) is 14.8. The average molecular weight is 539 g/mol. The van der Waals surface area contributed by atoms with Gasteiger partial charge in [-0.2, -0.15) is 0 Å². The lowest BCUT2D eigenvalue weighted by atomic mass is 9.97. The molecule has 1 fully saturated rings. The van der Waals surface area contributed by atoms with E-state index in [0.717, 1.165) is 37.4 Å². The van der Waals surface area contributed by atoms with Gasteiger partial charge >= 0.3 is 6.03 Å². The molecule has 1 atom stereocenters. The first-order chi connectivity index (χ1) is 18.8. The van der Waals surface area contributed by atoms with E-state index in [9.17, 15) is 9.59 Å². The largest absolute Gasteiger partial charge is 0.369 e. The summed E-state index contributed by atoms with van der Waals surface area (Å²) in [6.45, 7) is 11.7. The quantitative estimate of drug-likeness (QED) is 0.185. The van der Waals surface area contributed by atoms with Crippen LogP contribution in [0.3, 0.4) is 0 Å². The van der Waals surface area contributed by atoms with Crippen LogP contribution < -0.4 is 21.0 Å². The molecular weight excluding hydrogens is 496 g/mol. The van der Waals surface area contributed by atoms with Crippen LogP contribution in [0.5, 0.6) is 0 Å². The summed E-state index contributed by atoms with van der Waals surface area (Å²) >= 11 is 0. The van der Waals surface area contributed by atoms with E-state index in [0.29, 0.717) is 12.2 Å². The number of hydrogen-bond donors (Lipinski definition) is 2. The van der Waals surface area contributed by atoms with E-state index < -0.39 is 6.29 Å². The topological polar surface area (TPSA) is 104 Å². The average Bonchev–Trinajstić information content (AvgIpc) is 2.97. The van der Waals surface area contributed by atoms with Crippen molar-refractivity contribution in [2.75, 3.05) is 63.3 Å². The van der Waals surface area contributed by atoms with Gasteiger partial charge in [-0.3, -0.25) is 19.6 Å². The predicted molar refractivity (Wildman–Crippen MR) is 154 cm³/mol. The van der Waals surface area contributed by atoms with E-state index in [1.54, 1.807) is 14.2 Å². The Morgan fingerprint density at radius 1 is 1.03 bits per heavy atom. The van der Waals surface area contributed by atoms with Gasteiger partial charge in [0.2, 0.25) is 5.91 Å². The first-order valence-electron chi connectivity index (χ1n) is 13.2. The van der Waals surface area contributed by atoms with E-state index in [-0.39, 0.29) is 30.4 Å². The fraction of sp³-hybridized carbons (Fsp3) is 0.448. The molecule has 10 heteroatoms. The predicted octanol–water partition coefficient (Wildman–Crippen LogP) is 2.98. The number of urea groups is 1. The number of carbonyl (C=O) groups excluding carboxylic acids is 2. The minimum atomic E-state index is -0.485. The molecule has 3 N–H and O–H groups in total. The van der Waals surface area contributed by atoms with Gasteiger partial charge in [0.05, 0.1) is 18.2 Å². The Morgan fingerprint density at radius 3 is 2.18 bits per heavy atom. The fourth-order valence-corrected chi connectivity index (χ4v) is 4.51. The van der Waals surface area contributed by atoms with Gasteiger partial charge in [-0.1, -0.05) is 36.9 Å². The van der Waals surface area contributed by atoms with Crippen molar-refractivity contribution in [3.63, 3.8) is 0 Å². The summed E-state index contributed by atoms with van der Waals surface area (Å²) in [7, 11) is 3.11. The third-order valence-corrected chi connectivity index (χ3v) is 6.96. The van der Waals surface area contributed by atoms with Crippen LogP contribution in [0, 0.1) is 0 Å². The van der Waals surface area contributed by atoms with Crippen LogP contribution in [0.4, 0.5) is 16.2 Å². The molecule has 10 nitrogen and oxygen atoms in total. The van der Waals surface area contributed by atoms with Crippen molar-refractivity contribution in [3.05, 3.63) is 72.9 Å². The van der Waals surface area contributed by atoms with Gasteiger partial charge in [0, 0.05) is 64.9 Å². The highest BCUT2D eigenvalue weighted by atomic mass is 16.7. The van der Waals surface area contributed by atoms with E-state index in [2.05, 4.69) is 21.7 Å². The maximum atomic E-state index is 13.2. The zero-order valence-corrected chi connectivity index (χ0v) is 23.5. The van der Waals surface area contributed by atoms with Gasteiger partial charge in [0.25, 0.3) is 0 Å². The molecule has 0 aliphatic carbocycles. The molecular formula is C29H42N6O4. The van der Waals surface area contributed by atoms with Gasteiger partial charge in [0.1, 0.15) is 0 Å². The number of ether oxygens (including phenoxy) is 2. The van der Waals surface area contributed by atoms with E-state index >= 15 is 0 Å². The Morgan fingerprint density at radius 2 is 1.64 bits per heavy atom. The third-order valence-electron chi connectivity index (χ3n) is 6.96. The first kappa shape index (κ1) is 30.1. The Kier molecular flexibility index (Phi) is 11.3. The van der Waals surface area contributed by atoms with Crippen molar-refractivity contribution < 1.29 is 19.1 Å². The minimum Gasteiger partial charge on any atom is -0.369 e. The zero-order chi connectivity index (χ0) is 28.4. The van der Waals surface area contributed by atoms with Crippen molar-refractivity contribution in [2.24, 2.45) is 5.84 Å². The highest BCUT2D eigenvalue weighted by molar-refractivity contribution is 5.93. The highest BCUT2D eigenvalue weighted by Crippen LogP contribution is 2.24. The molecule has 1 aliphatic heterocycles. The van der Waals surface area contributed by atoms with Crippen molar-refractivity contribution in [1.82, 2.24) is 15.2 Å². The number of benzene rings is 2. The number of rotatable bonds is 12. The van der Waals surface area contributed by atoms with Gasteiger partial charge in [-0.25, -0.2) is 10.6 Å². The SMILES string of the molecule is C=CN(C(=O)N(N)C(C)C)c1ccc(N2CCN(CC(C(=O)NCC(OC)OC)c3ccccc3)CC2)cc1. The number of piperazine rings is 1. The lowest BCUT2D eigenvalue weighted by molar-refractivity contribution is -0.129. The molecule has 0 spiro atoms. The van der Waals surface area contributed by atoms with Gasteiger partial charge in [-0.15, -0.1) is 0 Å². The van der Waals surface area contributed by atoms with Crippen molar-refractivity contribution >= 4 is 23.3 Å². The summed E-state index contributed by atoms with van der Waals surface area (Å²) in [4.78, 5) is 31.9. The van der Waals surface area contributed by atoms with Crippen molar-refractivity contribution in [3.8, 4) is 0 Å². The van der Waals surface area contributed by atoms with Crippen LogP contribution in [0.25, 0.3) is 0 Å². The molecule has 3 amide bonds. The van der Waals surface area contributed by atoms with Crippen LogP contribution in [-0.4, -0.2) is 87.7 Å². The Bertz CT molecular complexity index is 1050. The summed E-state index contributed by atoms with van der Waals surface area (Å²) < 4.78 is 10.4. The Labute approximate surface area is 231 Å².